The van der Waals surface area contributed by atoms with Crippen LogP contribution < -0.4 is 16.2 Å². The number of fused-ring (bicyclic) bond motifs is 6. The normalized spacial score (nSPS) is 22.1. The van der Waals surface area contributed by atoms with E-state index in [1.165, 1.54) is 6.92 Å². The molecule has 4 aromatic rings. The monoisotopic (exact) mass is 890 g/mol. The number of carbonyl (C=O) groups is 4. The number of ether oxygens (including phenoxy) is 2. The Balaban J connectivity index is 1.15. The smallest absolute Gasteiger partial charge is 0.302 e. The number of benzene rings is 2. The third-order valence-corrected chi connectivity index (χ3v) is 14.3. The number of nitrogens with one attached hydrogen (secondary N) is 3. The minimum absolute atomic E-state index is 0.0193. The predicted molar refractivity (Wildman–Crippen MR) is 249 cm³/mol. The van der Waals surface area contributed by atoms with E-state index >= 15 is 0 Å². The Morgan fingerprint density at radius 3 is 2.51 bits per heavy atom. The average Bonchev–Trinajstić information content (AvgIpc) is 4.06. The highest BCUT2D eigenvalue weighted by Crippen LogP contribution is 2.51. The molecule has 0 radical (unpaired) electrons. The molecule has 1 unspecified atom stereocenters. The quantitative estimate of drug-likeness (QED) is 0.0872. The average molecular weight is 890 g/mol. The zero-order valence-corrected chi connectivity index (χ0v) is 39.3. The van der Waals surface area contributed by atoms with Gasteiger partial charge >= 0.3 is 5.97 Å². The first-order valence-corrected chi connectivity index (χ1v) is 23.6. The van der Waals surface area contributed by atoms with E-state index in [-0.39, 0.29) is 66.4 Å². The SMILES string of the molecule is CCn1c(-c2cccnc2[C@H](C)OC)c(CC(C)(C)COC(C)=O)c2cc(-c3cc(O)cc(C[C@H](NC(=O)C(C(C)C)N4N[C@H]5[C@@H]6CC[C@@H](C6)[C@H]5C4=O)C(=O)N4CCCCN4)c3)ccc21. The number of amides is 3. The van der Waals surface area contributed by atoms with Crippen LogP contribution in [-0.2, 0) is 48.0 Å². The summed E-state index contributed by atoms with van der Waals surface area (Å²) in [6.07, 6.45) is 7.19. The molecule has 7 atom stereocenters. The van der Waals surface area contributed by atoms with Crippen molar-refractivity contribution in [1.29, 1.82) is 0 Å². The molecular weight excluding hydrogens is 823 g/mol. The molecule has 2 aromatic carbocycles. The van der Waals surface area contributed by atoms with Crippen molar-refractivity contribution < 1.29 is 33.8 Å². The van der Waals surface area contributed by atoms with Crippen LogP contribution in [0.5, 0.6) is 5.75 Å². The molecule has 2 bridgehead atoms. The van der Waals surface area contributed by atoms with Crippen LogP contribution in [0.1, 0.15) is 103 Å². The lowest BCUT2D eigenvalue weighted by Gasteiger charge is -2.34. The predicted octanol–water partition coefficient (Wildman–Crippen LogP) is 6.88. The molecule has 2 aromatic heterocycles. The summed E-state index contributed by atoms with van der Waals surface area (Å²) in [5.74, 6) is -0.509. The van der Waals surface area contributed by atoms with E-state index in [0.717, 1.165) is 76.6 Å². The van der Waals surface area contributed by atoms with Gasteiger partial charge in [0.1, 0.15) is 17.8 Å². The summed E-state index contributed by atoms with van der Waals surface area (Å²) >= 11 is 0. The number of methoxy groups -OCH3 is 1. The number of hydrogen-bond acceptors (Lipinski definition) is 10. The lowest BCUT2D eigenvalue weighted by atomic mass is 9.84. The molecule has 3 amide bonds. The Labute approximate surface area is 382 Å². The van der Waals surface area contributed by atoms with Crippen LogP contribution in [-0.4, -0.2) is 93.3 Å². The van der Waals surface area contributed by atoms with Gasteiger partial charge in [0, 0.05) is 74.2 Å². The number of hydrazine groups is 2. The van der Waals surface area contributed by atoms with E-state index in [2.05, 4.69) is 59.7 Å². The summed E-state index contributed by atoms with van der Waals surface area (Å²) in [6.45, 7) is 15.7. The van der Waals surface area contributed by atoms with Gasteiger partial charge in [-0.3, -0.25) is 34.2 Å². The van der Waals surface area contributed by atoms with Gasteiger partial charge in [0.2, 0.25) is 11.8 Å². The number of pyridine rings is 1. The lowest BCUT2D eigenvalue weighted by molar-refractivity contribution is -0.146. The van der Waals surface area contributed by atoms with Crippen molar-refractivity contribution in [2.75, 3.05) is 26.8 Å². The number of phenolic OH excluding ortho intramolecular Hbond substituents is 1. The molecule has 2 saturated heterocycles. The maximum atomic E-state index is 14.5. The molecule has 8 rings (SSSR count). The third-order valence-electron chi connectivity index (χ3n) is 14.3. The highest BCUT2D eigenvalue weighted by Gasteiger charge is 2.58. The first-order chi connectivity index (χ1) is 31.1. The number of rotatable bonds is 16. The van der Waals surface area contributed by atoms with E-state index in [1.54, 1.807) is 35.5 Å². The van der Waals surface area contributed by atoms with Crippen molar-refractivity contribution in [3.8, 4) is 28.1 Å². The van der Waals surface area contributed by atoms with E-state index in [4.69, 9.17) is 14.5 Å². The van der Waals surface area contributed by atoms with Gasteiger partial charge in [-0.15, -0.1) is 0 Å². The van der Waals surface area contributed by atoms with E-state index in [0.29, 0.717) is 43.5 Å². The van der Waals surface area contributed by atoms with Gasteiger partial charge in [-0.25, -0.2) is 10.9 Å². The van der Waals surface area contributed by atoms with Crippen LogP contribution in [0, 0.1) is 29.1 Å². The van der Waals surface area contributed by atoms with Gasteiger partial charge < -0.3 is 24.5 Å². The topological polar surface area (TPSA) is 167 Å². The molecule has 4 heterocycles. The van der Waals surface area contributed by atoms with Crippen LogP contribution in [0.2, 0.25) is 0 Å². The van der Waals surface area contributed by atoms with Crippen LogP contribution in [0.25, 0.3) is 33.3 Å². The van der Waals surface area contributed by atoms with Crippen LogP contribution >= 0.6 is 0 Å². The third kappa shape index (κ3) is 9.26. The number of nitrogens with zero attached hydrogens (tertiary/aromatic N) is 4. The minimum atomic E-state index is -0.977. The van der Waals surface area contributed by atoms with Crippen molar-refractivity contribution in [2.45, 2.75) is 124 Å². The fourth-order valence-corrected chi connectivity index (χ4v) is 11.2. The Morgan fingerprint density at radius 1 is 1.03 bits per heavy atom. The van der Waals surface area contributed by atoms with Crippen LogP contribution in [0.4, 0.5) is 0 Å². The van der Waals surface area contributed by atoms with Gasteiger partial charge in [-0.05, 0) is 129 Å². The fraction of sp³-hybridized carbons (Fsp3) is 0.549. The molecular formula is C51H67N7O7. The second-order valence-electron chi connectivity index (χ2n) is 19.9. The zero-order chi connectivity index (χ0) is 46.3. The standard InChI is InChI=1S/C51H67N7O7/c1-9-56-42-17-16-33(26-39(42)40(27-51(6,7)28-65-31(5)59)47(56)38-13-12-18-52-44(38)30(4)64-8)36-21-32(22-37(60)25-36)23-41(49(62)57-20-11-10-19-53-57)54-48(61)46(29(2)3)58-50(63)43-34-14-15-35(24-34)45(43)55-58/h12-13,16-18,21-22,25-26,29-30,34-35,41,43,45-46,53,55,60H,9-11,14-15,19-20,23-24,27-28H2,1-8H3,(H,54,61)/t30-,34-,35+,41-,43+,45-,46?/m0/s1. The summed E-state index contributed by atoms with van der Waals surface area (Å²) in [5.41, 5.74) is 13.4. The Kier molecular flexibility index (Phi) is 13.4. The van der Waals surface area contributed by atoms with Gasteiger partial charge in [0.15, 0.2) is 0 Å². The first-order valence-electron chi connectivity index (χ1n) is 23.6. The lowest BCUT2D eigenvalue weighted by Crippen LogP contribution is -2.61. The van der Waals surface area contributed by atoms with Crippen molar-refractivity contribution in [2.24, 2.45) is 29.1 Å². The van der Waals surface area contributed by atoms with E-state index < -0.39 is 17.5 Å². The highest BCUT2D eigenvalue weighted by atomic mass is 16.5. The molecule has 14 nitrogen and oxygen atoms in total. The van der Waals surface area contributed by atoms with Crippen molar-refractivity contribution in [3.63, 3.8) is 0 Å². The molecule has 2 aliphatic heterocycles. The molecule has 2 saturated carbocycles. The summed E-state index contributed by atoms with van der Waals surface area (Å²) < 4.78 is 13.7. The molecule has 0 spiro atoms. The van der Waals surface area contributed by atoms with E-state index in [1.807, 2.05) is 39.0 Å². The van der Waals surface area contributed by atoms with E-state index in [9.17, 15) is 24.3 Å². The van der Waals surface area contributed by atoms with Crippen LogP contribution in [0.15, 0.2) is 54.7 Å². The van der Waals surface area contributed by atoms with Gasteiger partial charge in [-0.2, -0.15) is 0 Å². The number of phenols is 1. The molecule has 348 valence electrons. The summed E-state index contributed by atoms with van der Waals surface area (Å²) in [6, 6.07) is 13.9. The first kappa shape index (κ1) is 46.2. The van der Waals surface area contributed by atoms with Gasteiger partial charge in [0.05, 0.1) is 30.0 Å². The zero-order valence-electron chi connectivity index (χ0n) is 39.3. The molecule has 4 fully saturated rings. The molecule has 14 heteroatoms. The number of aromatic nitrogens is 2. The van der Waals surface area contributed by atoms with Gasteiger partial charge in [0.25, 0.3) is 5.91 Å². The minimum Gasteiger partial charge on any atom is -0.508 e. The summed E-state index contributed by atoms with van der Waals surface area (Å²) in [4.78, 5) is 59.6. The number of carbonyl (C=O) groups excluding carboxylic acids is 4. The Bertz CT molecular complexity index is 2440. The Hall–Kier alpha value is -5.31. The maximum absolute atomic E-state index is 14.5. The second-order valence-corrected chi connectivity index (χ2v) is 19.9. The van der Waals surface area contributed by atoms with Crippen molar-refractivity contribution in [1.82, 2.24) is 35.7 Å². The highest BCUT2D eigenvalue weighted by molar-refractivity contribution is 5.96. The summed E-state index contributed by atoms with van der Waals surface area (Å²) in [7, 11) is 1.68. The molecule has 4 aliphatic rings. The second kappa shape index (κ2) is 18.9. The molecule has 2 aliphatic carbocycles. The Morgan fingerprint density at radius 2 is 1.82 bits per heavy atom. The van der Waals surface area contributed by atoms with Gasteiger partial charge in [-0.1, -0.05) is 39.8 Å². The van der Waals surface area contributed by atoms with Crippen molar-refractivity contribution >= 4 is 34.6 Å². The maximum Gasteiger partial charge on any atom is 0.302 e. The largest absolute Gasteiger partial charge is 0.508 e. The summed E-state index contributed by atoms with van der Waals surface area (Å²) in [5, 5.41) is 18.6. The number of hydrogen-bond donors (Lipinski definition) is 4. The number of esters is 1. The number of aryl methyl sites for hydroxylation is 1. The number of aromatic hydroxyl groups is 1. The fourth-order valence-electron chi connectivity index (χ4n) is 11.2. The molecule has 4 N–H and O–H groups in total. The molecule has 65 heavy (non-hydrogen) atoms. The van der Waals surface area contributed by atoms with Crippen molar-refractivity contribution in [3.05, 3.63) is 71.5 Å². The van der Waals surface area contributed by atoms with Crippen LogP contribution in [0.3, 0.4) is 0 Å².